The van der Waals surface area contributed by atoms with Gasteiger partial charge in [-0.05, 0) is 62.5 Å². The molecule has 2 heterocycles. The summed E-state index contributed by atoms with van der Waals surface area (Å²) in [5.74, 6) is 0. The summed E-state index contributed by atoms with van der Waals surface area (Å²) < 4.78 is 23.3. The lowest BCUT2D eigenvalue weighted by Gasteiger charge is -2.30. The topological polar surface area (TPSA) is 101 Å². The first-order valence-corrected chi connectivity index (χ1v) is 15.5. The van der Waals surface area contributed by atoms with Crippen LogP contribution in [0.25, 0.3) is 0 Å². The highest BCUT2D eigenvalue weighted by atomic mass is 16.7. The Labute approximate surface area is 245 Å². The highest BCUT2D eigenvalue weighted by molar-refractivity contribution is 5.20. The second-order valence-electron chi connectivity index (χ2n) is 11.2. The SMILES string of the molecule is OC[C@H](NC(CCCC(CCC1OCCCO1)N[C@@H](CO)c1ccccc1)CCC1OCCCO1)c1ccccc1. The number of ether oxygens (including phenoxy) is 4. The van der Waals surface area contributed by atoms with Crippen LogP contribution in [0.2, 0.25) is 0 Å². The molecule has 2 unspecified atom stereocenters. The summed E-state index contributed by atoms with van der Waals surface area (Å²) in [5, 5.41) is 27.9. The molecule has 4 rings (SSSR count). The van der Waals surface area contributed by atoms with Gasteiger partial charge < -0.3 is 39.8 Å². The van der Waals surface area contributed by atoms with Crippen LogP contribution in [-0.2, 0) is 18.9 Å². The van der Waals surface area contributed by atoms with E-state index >= 15 is 0 Å². The van der Waals surface area contributed by atoms with Gasteiger partial charge in [-0.2, -0.15) is 0 Å². The van der Waals surface area contributed by atoms with E-state index in [9.17, 15) is 10.2 Å². The molecule has 2 aromatic rings. The molecule has 0 amide bonds. The molecule has 8 heteroatoms. The zero-order valence-corrected chi connectivity index (χ0v) is 24.4. The van der Waals surface area contributed by atoms with Gasteiger partial charge in [-0.3, -0.25) is 0 Å². The normalized spacial score (nSPS) is 20.0. The monoisotopic (exact) mass is 570 g/mol. The van der Waals surface area contributed by atoms with Crippen LogP contribution in [0.1, 0.15) is 81.0 Å². The van der Waals surface area contributed by atoms with E-state index in [1.54, 1.807) is 0 Å². The Kier molecular flexibility index (Phi) is 14.5. The van der Waals surface area contributed by atoms with Gasteiger partial charge in [0, 0.05) is 12.1 Å². The van der Waals surface area contributed by atoms with E-state index in [4.69, 9.17) is 18.9 Å². The molecular formula is C33H50N2O6. The molecule has 2 aliphatic rings. The number of rotatable bonds is 18. The molecule has 0 spiro atoms. The Morgan fingerprint density at radius 1 is 0.585 bits per heavy atom. The van der Waals surface area contributed by atoms with Crippen molar-refractivity contribution in [3.8, 4) is 0 Å². The second-order valence-corrected chi connectivity index (χ2v) is 11.2. The van der Waals surface area contributed by atoms with Gasteiger partial charge in [0.1, 0.15) is 0 Å². The van der Waals surface area contributed by atoms with Crippen LogP contribution >= 0.6 is 0 Å². The standard InChI is InChI=1S/C33H50N2O6/c36-24-30(26-10-3-1-4-11-26)34-28(16-18-32-38-20-8-21-39-32)14-7-15-29(17-19-33-40-22-9-23-41-33)35-31(25-37)27-12-5-2-6-13-27/h1-6,10-13,28-37H,7-9,14-25H2/t28?,29?,30-,31-/m0/s1. The van der Waals surface area contributed by atoms with Crippen molar-refractivity contribution in [2.75, 3.05) is 39.6 Å². The van der Waals surface area contributed by atoms with Crippen molar-refractivity contribution in [1.82, 2.24) is 10.6 Å². The lowest BCUT2D eigenvalue weighted by Crippen LogP contribution is -2.38. The van der Waals surface area contributed by atoms with Crippen LogP contribution in [0.15, 0.2) is 60.7 Å². The van der Waals surface area contributed by atoms with E-state index in [2.05, 4.69) is 34.9 Å². The van der Waals surface area contributed by atoms with Crippen molar-refractivity contribution in [2.24, 2.45) is 0 Å². The minimum absolute atomic E-state index is 0.0395. The molecule has 4 N–H and O–H groups in total. The van der Waals surface area contributed by atoms with E-state index < -0.39 is 0 Å². The molecule has 0 radical (unpaired) electrons. The molecule has 8 nitrogen and oxygen atoms in total. The van der Waals surface area contributed by atoms with Crippen molar-refractivity contribution in [3.05, 3.63) is 71.8 Å². The van der Waals surface area contributed by atoms with E-state index in [0.29, 0.717) is 0 Å². The average Bonchev–Trinajstić information content (AvgIpc) is 3.04. The summed E-state index contributed by atoms with van der Waals surface area (Å²) in [4.78, 5) is 0. The summed E-state index contributed by atoms with van der Waals surface area (Å²) in [6.07, 6.45) is 7.94. The highest BCUT2D eigenvalue weighted by Gasteiger charge is 2.23. The van der Waals surface area contributed by atoms with Gasteiger partial charge >= 0.3 is 0 Å². The maximum Gasteiger partial charge on any atom is 0.157 e. The molecule has 2 saturated heterocycles. The lowest BCUT2D eigenvalue weighted by molar-refractivity contribution is -0.182. The molecule has 0 aromatic heterocycles. The molecule has 0 bridgehead atoms. The third-order valence-electron chi connectivity index (χ3n) is 8.04. The molecule has 2 aliphatic heterocycles. The fourth-order valence-electron chi connectivity index (χ4n) is 5.76. The second kappa shape index (κ2) is 18.6. The van der Waals surface area contributed by atoms with Gasteiger partial charge in [0.15, 0.2) is 12.6 Å². The zero-order chi connectivity index (χ0) is 28.5. The Morgan fingerprint density at radius 2 is 0.976 bits per heavy atom. The van der Waals surface area contributed by atoms with E-state index in [1.165, 1.54) is 0 Å². The first kappa shape index (κ1) is 32.0. The smallest absolute Gasteiger partial charge is 0.157 e. The van der Waals surface area contributed by atoms with E-state index in [1.807, 2.05) is 36.4 Å². The predicted molar refractivity (Wildman–Crippen MR) is 159 cm³/mol. The van der Waals surface area contributed by atoms with Crippen LogP contribution in [0.5, 0.6) is 0 Å². The third-order valence-corrected chi connectivity index (χ3v) is 8.04. The van der Waals surface area contributed by atoms with E-state index in [-0.39, 0.29) is 50.0 Å². The van der Waals surface area contributed by atoms with Gasteiger partial charge in [-0.25, -0.2) is 0 Å². The molecule has 2 fully saturated rings. The molecule has 0 saturated carbocycles. The van der Waals surface area contributed by atoms with Crippen LogP contribution in [0.4, 0.5) is 0 Å². The number of aliphatic hydroxyl groups is 2. The molecule has 0 aliphatic carbocycles. The van der Waals surface area contributed by atoms with Crippen molar-refractivity contribution in [3.63, 3.8) is 0 Å². The minimum Gasteiger partial charge on any atom is -0.394 e. The van der Waals surface area contributed by atoms with E-state index in [0.717, 1.165) is 95.3 Å². The summed E-state index contributed by atoms with van der Waals surface area (Å²) in [6, 6.07) is 20.5. The molecule has 4 atom stereocenters. The maximum atomic E-state index is 10.2. The maximum absolute atomic E-state index is 10.2. The van der Waals surface area contributed by atoms with Crippen LogP contribution in [0, 0.1) is 0 Å². The van der Waals surface area contributed by atoms with Crippen LogP contribution in [0.3, 0.4) is 0 Å². The molecular weight excluding hydrogens is 520 g/mol. The number of aliphatic hydroxyl groups excluding tert-OH is 2. The molecule has 2 aromatic carbocycles. The summed E-state index contributed by atoms with van der Waals surface area (Å²) >= 11 is 0. The van der Waals surface area contributed by atoms with Gasteiger partial charge in [0.2, 0.25) is 0 Å². The number of hydrogen-bond donors (Lipinski definition) is 4. The fourth-order valence-corrected chi connectivity index (χ4v) is 5.76. The van der Waals surface area contributed by atoms with Crippen molar-refractivity contribution in [2.45, 2.75) is 94.5 Å². The first-order chi connectivity index (χ1) is 20.2. The quantitative estimate of drug-likeness (QED) is 0.206. The highest BCUT2D eigenvalue weighted by Crippen LogP contribution is 2.23. The van der Waals surface area contributed by atoms with Gasteiger partial charge in [0.05, 0.1) is 51.7 Å². The Bertz CT molecular complexity index is 848. The Morgan fingerprint density at radius 3 is 1.34 bits per heavy atom. The lowest BCUT2D eigenvalue weighted by atomic mass is 9.96. The first-order valence-electron chi connectivity index (χ1n) is 15.5. The van der Waals surface area contributed by atoms with Crippen LogP contribution in [-0.4, -0.2) is 74.5 Å². The summed E-state index contributed by atoms with van der Waals surface area (Å²) in [5.41, 5.74) is 2.18. The number of benzene rings is 2. The predicted octanol–water partition coefficient (Wildman–Crippen LogP) is 4.63. The van der Waals surface area contributed by atoms with Crippen molar-refractivity contribution >= 4 is 0 Å². The largest absolute Gasteiger partial charge is 0.394 e. The Balaban J connectivity index is 1.37. The fraction of sp³-hybridized carbons (Fsp3) is 0.636. The number of nitrogens with one attached hydrogen (secondary N) is 2. The minimum atomic E-state index is -0.154. The van der Waals surface area contributed by atoms with Crippen LogP contribution < -0.4 is 10.6 Å². The van der Waals surface area contributed by atoms with Crippen molar-refractivity contribution in [1.29, 1.82) is 0 Å². The Hall–Kier alpha value is -1.88. The van der Waals surface area contributed by atoms with Crippen molar-refractivity contribution < 1.29 is 29.2 Å². The molecule has 228 valence electrons. The number of hydrogen-bond acceptors (Lipinski definition) is 8. The van der Waals surface area contributed by atoms with Gasteiger partial charge in [-0.1, -0.05) is 67.1 Å². The zero-order valence-electron chi connectivity index (χ0n) is 24.4. The molecule has 41 heavy (non-hydrogen) atoms. The third kappa shape index (κ3) is 11.4. The summed E-state index contributed by atoms with van der Waals surface area (Å²) in [7, 11) is 0. The summed E-state index contributed by atoms with van der Waals surface area (Å²) in [6.45, 7) is 3.08. The van der Waals surface area contributed by atoms with Gasteiger partial charge in [0.25, 0.3) is 0 Å². The van der Waals surface area contributed by atoms with Gasteiger partial charge in [-0.15, -0.1) is 0 Å². The average molecular weight is 571 g/mol.